The van der Waals surface area contributed by atoms with E-state index in [1.54, 1.807) is 0 Å². The first kappa shape index (κ1) is 7.95. The van der Waals surface area contributed by atoms with Gasteiger partial charge in [-0.2, -0.15) is 0 Å². The molecule has 0 N–H and O–H groups in total. The molecule has 1 aromatic heterocycles. The number of hydrogen-bond donors (Lipinski definition) is 0. The standard InChI is InChI=1S/C6H9ClN2S/c1-4(2)3-5-6(7)8-9-10-5/h4H,3H2,1-2H3. The molecule has 10 heavy (non-hydrogen) atoms. The van der Waals surface area contributed by atoms with Crippen LogP contribution in [-0.4, -0.2) is 9.59 Å². The average molecular weight is 177 g/mol. The van der Waals surface area contributed by atoms with Crippen molar-refractivity contribution in [3.8, 4) is 0 Å². The molecule has 1 aromatic rings. The van der Waals surface area contributed by atoms with E-state index >= 15 is 0 Å². The Morgan fingerprint density at radius 3 is 2.70 bits per heavy atom. The van der Waals surface area contributed by atoms with Crippen molar-refractivity contribution in [2.45, 2.75) is 20.3 Å². The quantitative estimate of drug-likeness (QED) is 0.692. The SMILES string of the molecule is CC(C)Cc1snnc1Cl. The smallest absolute Gasteiger partial charge is 0.126 e. The summed E-state index contributed by atoms with van der Waals surface area (Å²) in [5.41, 5.74) is 0. The molecule has 0 aromatic carbocycles. The van der Waals surface area contributed by atoms with Gasteiger partial charge in [0.25, 0.3) is 0 Å². The fourth-order valence-electron chi connectivity index (χ4n) is 0.691. The van der Waals surface area contributed by atoms with Gasteiger partial charge in [-0.3, -0.25) is 0 Å². The first-order valence-electron chi connectivity index (χ1n) is 3.17. The summed E-state index contributed by atoms with van der Waals surface area (Å²) < 4.78 is 3.73. The van der Waals surface area contributed by atoms with Gasteiger partial charge in [0.1, 0.15) is 0 Å². The van der Waals surface area contributed by atoms with Gasteiger partial charge in [0.05, 0.1) is 4.88 Å². The molecule has 0 spiro atoms. The molecule has 2 nitrogen and oxygen atoms in total. The van der Waals surface area contributed by atoms with Crippen molar-refractivity contribution in [3.63, 3.8) is 0 Å². The van der Waals surface area contributed by atoms with Gasteiger partial charge < -0.3 is 0 Å². The highest BCUT2D eigenvalue weighted by Gasteiger charge is 2.05. The fraction of sp³-hybridized carbons (Fsp3) is 0.667. The van der Waals surface area contributed by atoms with Gasteiger partial charge in [0.15, 0.2) is 5.15 Å². The molecule has 0 saturated heterocycles. The van der Waals surface area contributed by atoms with Crippen LogP contribution in [0.1, 0.15) is 18.7 Å². The summed E-state index contributed by atoms with van der Waals surface area (Å²) in [7, 11) is 0. The zero-order chi connectivity index (χ0) is 7.56. The lowest BCUT2D eigenvalue weighted by Crippen LogP contribution is -1.90. The van der Waals surface area contributed by atoms with Crippen LogP contribution >= 0.6 is 23.1 Å². The number of nitrogens with zero attached hydrogens (tertiary/aromatic N) is 2. The number of rotatable bonds is 2. The first-order chi connectivity index (χ1) is 4.70. The van der Waals surface area contributed by atoms with E-state index in [1.807, 2.05) is 0 Å². The van der Waals surface area contributed by atoms with Crippen molar-refractivity contribution in [3.05, 3.63) is 10.0 Å². The normalized spacial score (nSPS) is 10.8. The maximum Gasteiger partial charge on any atom is 0.167 e. The highest BCUT2D eigenvalue weighted by Crippen LogP contribution is 2.19. The van der Waals surface area contributed by atoms with E-state index in [0.717, 1.165) is 11.3 Å². The van der Waals surface area contributed by atoms with Crippen LogP contribution < -0.4 is 0 Å². The van der Waals surface area contributed by atoms with Crippen molar-refractivity contribution in [2.75, 3.05) is 0 Å². The van der Waals surface area contributed by atoms with E-state index in [-0.39, 0.29) is 0 Å². The lowest BCUT2D eigenvalue weighted by atomic mass is 10.1. The highest BCUT2D eigenvalue weighted by molar-refractivity contribution is 7.06. The molecule has 1 heterocycles. The summed E-state index contributed by atoms with van der Waals surface area (Å²) in [4.78, 5) is 1.09. The minimum atomic E-state index is 0.568. The zero-order valence-corrected chi connectivity index (χ0v) is 7.54. The summed E-state index contributed by atoms with van der Waals surface area (Å²) in [6.07, 6.45) is 0.983. The molecule has 56 valence electrons. The lowest BCUT2D eigenvalue weighted by molar-refractivity contribution is 0.653. The second kappa shape index (κ2) is 3.30. The van der Waals surface area contributed by atoms with E-state index in [9.17, 15) is 0 Å². The average Bonchev–Trinajstić information content (AvgIpc) is 2.15. The van der Waals surface area contributed by atoms with Crippen LogP contribution in [0.4, 0.5) is 0 Å². The predicted molar refractivity (Wildman–Crippen MR) is 43.5 cm³/mol. The monoisotopic (exact) mass is 176 g/mol. The van der Waals surface area contributed by atoms with Gasteiger partial charge in [-0.05, 0) is 23.9 Å². The van der Waals surface area contributed by atoms with Crippen molar-refractivity contribution in [1.29, 1.82) is 0 Å². The predicted octanol–water partition coefficient (Wildman–Crippen LogP) is 2.39. The Morgan fingerprint density at radius 1 is 1.60 bits per heavy atom. The Balaban J connectivity index is 2.65. The molecule has 0 aliphatic rings. The zero-order valence-electron chi connectivity index (χ0n) is 5.97. The van der Waals surface area contributed by atoms with Crippen LogP contribution in [0.25, 0.3) is 0 Å². The molecule has 0 radical (unpaired) electrons. The number of halogens is 1. The summed E-state index contributed by atoms with van der Waals surface area (Å²) in [6.45, 7) is 4.30. The van der Waals surface area contributed by atoms with Crippen LogP contribution in [0.5, 0.6) is 0 Å². The second-order valence-corrected chi connectivity index (χ2v) is 3.78. The molecule has 0 amide bonds. The van der Waals surface area contributed by atoms with E-state index in [0.29, 0.717) is 11.1 Å². The molecule has 0 aliphatic heterocycles. The van der Waals surface area contributed by atoms with E-state index in [2.05, 4.69) is 23.4 Å². The molecule has 0 aliphatic carbocycles. The minimum absolute atomic E-state index is 0.568. The maximum atomic E-state index is 5.72. The molecule has 1 rings (SSSR count). The summed E-state index contributed by atoms with van der Waals surface area (Å²) >= 11 is 7.11. The molecule has 0 unspecified atom stereocenters. The van der Waals surface area contributed by atoms with Crippen molar-refractivity contribution < 1.29 is 0 Å². The van der Waals surface area contributed by atoms with E-state index < -0.39 is 0 Å². The molecule has 0 fully saturated rings. The van der Waals surface area contributed by atoms with Gasteiger partial charge in [0.2, 0.25) is 0 Å². The number of aromatic nitrogens is 2. The third-order valence-corrected chi connectivity index (χ3v) is 2.26. The Bertz CT molecular complexity index is 209. The molecule has 0 atom stereocenters. The maximum absolute atomic E-state index is 5.72. The Hall–Kier alpha value is -0.150. The van der Waals surface area contributed by atoms with Crippen molar-refractivity contribution in [2.24, 2.45) is 5.92 Å². The van der Waals surface area contributed by atoms with Gasteiger partial charge in [-0.25, -0.2) is 0 Å². The Labute approximate surface area is 69.4 Å². The number of hydrogen-bond acceptors (Lipinski definition) is 3. The van der Waals surface area contributed by atoms with E-state index in [1.165, 1.54) is 11.5 Å². The van der Waals surface area contributed by atoms with Crippen LogP contribution in [0.3, 0.4) is 0 Å². The molecule has 0 saturated carbocycles. The van der Waals surface area contributed by atoms with Gasteiger partial charge in [0, 0.05) is 0 Å². The van der Waals surface area contributed by atoms with Gasteiger partial charge >= 0.3 is 0 Å². The first-order valence-corrected chi connectivity index (χ1v) is 4.32. The Morgan fingerprint density at radius 2 is 2.30 bits per heavy atom. The topological polar surface area (TPSA) is 25.8 Å². The Kier molecular flexibility index (Phi) is 2.63. The van der Waals surface area contributed by atoms with Crippen LogP contribution in [0.2, 0.25) is 5.15 Å². The highest BCUT2D eigenvalue weighted by atomic mass is 35.5. The molecule has 0 bridgehead atoms. The summed E-state index contributed by atoms with van der Waals surface area (Å²) in [6, 6.07) is 0. The van der Waals surface area contributed by atoms with Crippen LogP contribution in [-0.2, 0) is 6.42 Å². The molecular formula is C6H9ClN2S. The van der Waals surface area contributed by atoms with E-state index in [4.69, 9.17) is 11.6 Å². The van der Waals surface area contributed by atoms with Crippen molar-refractivity contribution in [1.82, 2.24) is 9.59 Å². The van der Waals surface area contributed by atoms with Gasteiger partial charge in [-0.15, -0.1) is 5.10 Å². The third kappa shape index (κ3) is 1.92. The fourth-order valence-corrected chi connectivity index (χ4v) is 1.70. The summed E-state index contributed by atoms with van der Waals surface area (Å²) in [5.74, 6) is 0.625. The largest absolute Gasteiger partial charge is 0.167 e. The van der Waals surface area contributed by atoms with Gasteiger partial charge in [-0.1, -0.05) is 29.9 Å². The second-order valence-electron chi connectivity index (χ2n) is 2.58. The van der Waals surface area contributed by atoms with Crippen LogP contribution in [0, 0.1) is 5.92 Å². The molecular weight excluding hydrogens is 168 g/mol. The van der Waals surface area contributed by atoms with Crippen LogP contribution in [0.15, 0.2) is 0 Å². The third-order valence-electron chi connectivity index (χ3n) is 1.10. The van der Waals surface area contributed by atoms with Crippen molar-refractivity contribution >= 4 is 23.1 Å². The molecule has 4 heteroatoms. The lowest BCUT2D eigenvalue weighted by Gasteiger charge is -1.98. The summed E-state index contributed by atoms with van der Waals surface area (Å²) in [5, 5.41) is 4.27. The minimum Gasteiger partial charge on any atom is -0.126 e.